The molecule has 0 saturated heterocycles. The van der Waals surface area contributed by atoms with Crippen LogP contribution in [0.2, 0.25) is 0 Å². The van der Waals surface area contributed by atoms with Crippen molar-refractivity contribution in [2.24, 2.45) is 0 Å². The number of carbonyl (C=O) groups is 1. The number of H-pyrrole nitrogens is 1. The van der Waals surface area contributed by atoms with Crippen LogP contribution in [-0.4, -0.2) is 54.2 Å². The Kier molecular flexibility index (Phi) is 5.00. The highest BCUT2D eigenvalue weighted by Crippen LogP contribution is 2.38. The van der Waals surface area contributed by atoms with E-state index in [-0.39, 0.29) is 18.2 Å². The predicted octanol–water partition coefficient (Wildman–Crippen LogP) is 0.688. The number of hydrogen-bond acceptors (Lipinski definition) is 4. The molecule has 1 amide bonds. The Balaban J connectivity index is 1.83. The molecule has 1 fully saturated rings. The van der Waals surface area contributed by atoms with Crippen molar-refractivity contribution in [3.05, 3.63) is 17.5 Å². The highest BCUT2D eigenvalue weighted by atomic mass is 32.2. The van der Waals surface area contributed by atoms with E-state index < -0.39 is 10.0 Å². The van der Waals surface area contributed by atoms with Crippen molar-refractivity contribution in [3.63, 3.8) is 0 Å². The topological polar surface area (TPSA) is 95.2 Å². The predicted molar refractivity (Wildman–Crippen MR) is 79.6 cm³/mol. The van der Waals surface area contributed by atoms with Crippen molar-refractivity contribution in [1.29, 1.82) is 0 Å². The number of aromatic amines is 1. The van der Waals surface area contributed by atoms with E-state index in [4.69, 9.17) is 0 Å². The molecule has 0 aliphatic heterocycles. The molecule has 1 aromatic rings. The average Bonchev–Trinajstić information content (AvgIpc) is 3.17. The fourth-order valence-electron chi connectivity index (χ4n) is 2.19. The van der Waals surface area contributed by atoms with Crippen molar-refractivity contribution in [1.82, 2.24) is 19.8 Å². The van der Waals surface area contributed by atoms with Gasteiger partial charge in [-0.15, -0.1) is 0 Å². The van der Waals surface area contributed by atoms with Gasteiger partial charge in [0.05, 0.1) is 5.75 Å². The van der Waals surface area contributed by atoms with Crippen molar-refractivity contribution >= 4 is 15.9 Å². The first-order valence-electron chi connectivity index (χ1n) is 7.29. The Morgan fingerprint density at radius 2 is 2.10 bits per heavy atom. The maximum atomic E-state index is 12.0. The van der Waals surface area contributed by atoms with E-state index in [0.29, 0.717) is 24.7 Å². The third-order valence-electron chi connectivity index (χ3n) is 3.59. The van der Waals surface area contributed by atoms with Gasteiger partial charge in [0.2, 0.25) is 10.0 Å². The van der Waals surface area contributed by atoms with Gasteiger partial charge >= 0.3 is 0 Å². The van der Waals surface area contributed by atoms with Crippen LogP contribution in [0.25, 0.3) is 0 Å². The molecule has 8 heteroatoms. The van der Waals surface area contributed by atoms with Gasteiger partial charge in [-0.1, -0.05) is 13.8 Å². The molecule has 7 nitrogen and oxygen atoms in total. The largest absolute Gasteiger partial charge is 0.350 e. The summed E-state index contributed by atoms with van der Waals surface area (Å²) in [6.45, 7) is 4.56. The van der Waals surface area contributed by atoms with Gasteiger partial charge in [0.15, 0.2) is 0 Å². The van der Waals surface area contributed by atoms with Crippen LogP contribution in [0, 0.1) is 0 Å². The molecule has 2 N–H and O–H groups in total. The zero-order valence-corrected chi connectivity index (χ0v) is 13.2. The number of rotatable bonds is 8. The van der Waals surface area contributed by atoms with Gasteiger partial charge in [-0.2, -0.15) is 5.10 Å². The minimum atomic E-state index is -3.31. The van der Waals surface area contributed by atoms with E-state index in [1.165, 1.54) is 4.31 Å². The minimum Gasteiger partial charge on any atom is -0.350 e. The number of sulfonamides is 1. The first-order valence-corrected chi connectivity index (χ1v) is 8.90. The quantitative estimate of drug-likeness (QED) is 0.738. The van der Waals surface area contributed by atoms with Gasteiger partial charge in [0.1, 0.15) is 5.69 Å². The number of amides is 1. The summed E-state index contributed by atoms with van der Waals surface area (Å²) in [5, 5.41) is 9.42. The molecule has 118 valence electrons. The summed E-state index contributed by atoms with van der Waals surface area (Å²) in [4.78, 5) is 11.9. The van der Waals surface area contributed by atoms with Gasteiger partial charge in [0.25, 0.3) is 5.91 Å². The molecule has 1 aliphatic carbocycles. The van der Waals surface area contributed by atoms with Crippen LogP contribution in [0.5, 0.6) is 0 Å². The van der Waals surface area contributed by atoms with Crippen molar-refractivity contribution in [3.8, 4) is 0 Å². The van der Waals surface area contributed by atoms with Crippen molar-refractivity contribution in [2.75, 3.05) is 25.4 Å². The zero-order valence-electron chi connectivity index (χ0n) is 12.4. The number of carbonyl (C=O) groups excluding carboxylic acids is 1. The van der Waals surface area contributed by atoms with Crippen LogP contribution in [0.4, 0.5) is 0 Å². The lowest BCUT2D eigenvalue weighted by Crippen LogP contribution is -2.37. The maximum absolute atomic E-state index is 12.0. The van der Waals surface area contributed by atoms with E-state index in [1.807, 2.05) is 0 Å². The van der Waals surface area contributed by atoms with Crippen LogP contribution in [0.3, 0.4) is 0 Å². The molecular formula is C13H22N4O3S. The molecular weight excluding hydrogens is 292 g/mol. The molecule has 21 heavy (non-hydrogen) atoms. The highest BCUT2D eigenvalue weighted by molar-refractivity contribution is 7.89. The molecule has 1 saturated carbocycles. The van der Waals surface area contributed by atoms with Gasteiger partial charge < -0.3 is 5.32 Å². The Bertz CT molecular complexity index is 588. The molecule has 1 heterocycles. The van der Waals surface area contributed by atoms with Crippen LogP contribution in [0.1, 0.15) is 48.8 Å². The summed E-state index contributed by atoms with van der Waals surface area (Å²) >= 11 is 0. The summed E-state index contributed by atoms with van der Waals surface area (Å²) in [6, 6.07) is 1.74. The second-order valence-corrected chi connectivity index (χ2v) is 7.23. The van der Waals surface area contributed by atoms with Crippen LogP contribution < -0.4 is 5.32 Å². The smallest absolute Gasteiger partial charge is 0.271 e. The first kappa shape index (κ1) is 16.0. The van der Waals surface area contributed by atoms with Gasteiger partial charge in [0, 0.05) is 31.2 Å². The van der Waals surface area contributed by atoms with E-state index in [2.05, 4.69) is 15.5 Å². The highest BCUT2D eigenvalue weighted by Gasteiger charge is 2.26. The standard InChI is InChI=1S/C13H22N4O3S/c1-3-17(4-2)21(19,20)8-7-14-13(18)12-9-11(15-16-12)10-5-6-10/h9-10H,3-8H2,1-2H3,(H,14,18)(H,15,16). The third-order valence-corrected chi connectivity index (χ3v) is 5.62. The second-order valence-electron chi connectivity index (χ2n) is 5.14. The lowest BCUT2D eigenvalue weighted by molar-refractivity contribution is 0.0951. The van der Waals surface area contributed by atoms with Crippen LogP contribution in [-0.2, 0) is 10.0 Å². The fraction of sp³-hybridized carbons (Fsp3) is 0.692. The Hall–Kier alpha value is -1.41. The number of nitrogens with one attached hydrogen (secondary N) is 2. The summed E-state index contributed by atoms with van der Waals surface area (Å²) in [6.07, 6.45) is 2.26. The average molecular weight is 314 g/mol. The first-order chi connectivity index (χ1) is 9.97. The number of hydrogen-bond donors (Lipinski definition) is 2. The SMILES string of the molecule is CCN(CC)S(=O)(=O)CCNC(=O)c1cc(C2CC2)[nH]n1. The van der Waals surface area contributed by atoms with E-state index in [1.54, 1.807) is 19.9 Å². The Morgan fingerprint density at radius 3 is 2.67 bits per heavy atom. The molecule has 0 atom stereocenters. The summed E-state index contributed by atoms with van der Waals surface area (Å²) < 4.78 is 25.3. The molecule has 1 aliphatic rings. The molecule has 0 spiro atoms. The Labute approximate surface area is 125 Å². The van der Waals surface area contributed by atoms with Crippen molar-refractivity contribution in [2.45, 2.75) is 32.6 Å². The lowest BCUT2D eigenvalue weighted by Gasteiger charge is -2.18. The third kappa shape index (κ3) is 4.04. The summed E-state index contributed by atoms with van der Waals surface area (Å²) in [5.74, 6) is 0.0651. The Morgan fingerprint density at radius 1 is 1.43 bits per heavy atom. The molecule has 0 aromatic carbocycles. The van der Waals surface area contributed by atoms with Crippen molar-refractivity contribution < 1.29 is 13.2 Å². The number of aromatic nitrogens is 2. The molecule has 1 aromatic heterocycles. The molecule has 2 rings (SSSR count). The molecule has 0 unspecified atom stereocenters. The molecule has 0 radical (unpaired) electrons. The van der Waals surface area contributed by atoms with Gasteiger partial charge in [-0.25, -0.2) is 12.7 Å². The lowest BCUT2D eigenvalue weighted by atomic mass is 10.2. The van der Waals surface area contributed by atoms with Gasteiger partial charge in [-0.05, 0) is 18.9 Å². The van der Waals surface area contributed by atoms with E-state index in [0.717, 1.165) is 18.5 Å². The molecule has 0 bridgehead atoms. The summed E-state index contributed by atoms with van der Waals surface area (Å²) in [7, 11) is -3.31. The van der Waals surface area contributed by atoms with Gasteiger partial charge in [-0.3, -0.25) is 9.89 Å². The van der Waals surface area contributed by atoms with E-state index >= 15 is 0 Å². The maximum Gasteiger partial charge on any atom is 0.271 e. The monoisotopic (exact) mass is 314 g/mol. The minimum absolute atomic E-state index is 0.0866. The fourth-order valence-corrected chi connectivity index (χ4v) is 3.59. The van der Waals surface area contributed by atoms with Crippen LogP contribution in [0.15, 0.2) is 6.07 Å². The number of nitrogens with zero attached hydrogens (tertiary/aromatic N) is 2. The van der Waals surface area contributed by atoms with Crippen LogP contribution >= 0.6 is 0 Å². The summed E-state index contributed by atoms with van der Waals surface area (Å²) in [5.41, 5.74) is 1.30. The normalized spacial score (nSPS) is 15.4. The zero-order chi connectivity index (χ0) is 15.5. The second kappa shape index (κ2) is 6.57. The van der Waals surface area contributed by atoms with E-state index in [9.17, 15) is 13.2 Å².